The molecule has 1 aliphatic rings. The van der Waals surface area contributed by atoms with Gasteiger partial charge in [-0.15, -0.1) is 0 Å². The van der Waals surface area contributed by atoms with Crippen molar-refractivity contribution < 1.29 is 4.79 Å². The fourth-order valence-electron chi connectivity index (χ4n) is 2.10. The van der Waals surface area contributed by atoms with Crippen LogP contribution in [-0.2, 0) is 12.8 Å². The normalized spacial score (nSPS) is 14.5. The molecule has 1 N–H and O–H groups in total. The van der Waals surface area contributed by atoms with Crippen molar-refractivity contribution in [1.82, 2.24) is 10.3 Å². The monoisotopic (exact) mass is 204 g/mol. The molecule has 3 heteroatoms. The number of hydrogen-bond donors (Lipinski definition) is 1. The number of fused-ring (bicyclic) bond motifs is 1. The van der Waals surface area contributed by atoms with Crippen molar-refractivity contribution in [1.29, 1.82) is 0 Å². The van der Waals surface area contributed by atoms with E-state index >= 15 is 0 Å². The Balaban J connectivity index is 2.44. The van der Waals surface area contributed by atoms with Crippen LogP contribution in [0.2, 0.25) is 0 Å². The van der Waals surface area contributed by atoms with Crippen LogP contribution in [-0.4, -0.2) is 17.9 Å². The van der Waals surface area contributed by atoms with Crippen LogP contribution in [0, 0.1) is 6.92 Å². The number of amides is 1. The zero-order valence-corrected chi connectivity index (χ0v) is 9.26. The van der Waals surface area contributed by atoms with Gasteiger partial charge in [0.25, 0.3) is 5.91 Å². The molecule has 0 spiro atoms. The molecule has 1 heterocycles. The van der Waals surface area contributed by atoms with Gasteiger partial charge in [-0.2, -0.15) is 0 Å². The van der Waals surface area contributed by atoms with Crippen molar-refractivity contribution in [2.75, 3.05) is 7.05 Å². The van der Waals surface area contributed by atoms with Crippen molar-refractivity contribution in [2.24, 2.45) is 0 Å². The summed E-state index contributed by atoms with van der Waals surface area (Å²) in [5, 5.41) is 2.63. The lowest BCUT2D eigenvalue weighted by molar-refractivity contribution is 0.0957. The summed E-state index contributed by atoms with van der Waals surface area (Å²) in [6, 6.07) is 2.12. The van der Waals surface area contributed by atoms with Gasteiger partial charge in [0.1, 0.15) is 5.69 Å². The summed E-state index contributed by atoms with van der Waals surface area (Å²) in [4.78, 5) is 16.0. The molecule has 0 radical (unpaired) electrons. The average Bonchev–Trinajstić information content (AvgIpc) is 2.27. The van der Waals surface area contributed by atoms with Gasteiger partial charge in [0.2, 0.25) is 0 Å². The van der Waals surface area contributed by atoms with Crippen LogP contribution in [0.4, 0.5) is 0 Å². The smallest absolute Gasteiger partial charge is 0.269 e. The van der Waals surface area contributed by atoms with E-state index in [0.29, 0.717) is 5.69 Å². The third-order valence-electron chi connectivity index (χ3n) is 2.93. The van der Waals surface area contributed by atoms with Crippen molar-refractivity contribution in [3.63, 3.8) is 0 Å². The minimum absolute atomic E-state index is 0.0825. The Morgan fingerprint density at radius 3 is 2.87 bits per heavy atom. The molecule has 0 unspecified atom stereocenters. The summed E-state index contributed by atoms with van der Waals surface area (Å²) in [6.07, 6.45) is 4.56. The lowest BCUT2D eigenvalue weighted by atomic mass is 9.94. The second-order valence-electron chi connectivity index (χ2n) is 4.05. The standard InChI is InChI=1S/C12H16N2O/c1-8-7-9-5-3-4-6-10(9)14-11(8)12(15)13-2/h7H,3-6H2,1-2H3,(H,13,15). The predicted octanol–water partition coefficient (Wildman–Crippen LogP) is 1.63. The molecule has 2 rings (SSSR count). The first-order valence-corrected chi connectivity index (χ1v) is 5.44. The third-order valence-corrected chi connectivity index (χ3v) is 2.93. The highest BCUT2D eigenvalue weighted by molar-refractivity contribution is 5.93. The van der Waals surface area contributed by atoms with Gasteiger partial charge in [0.15, 0.2) is 0 Å². The number of carbonyl (C=O) groups is 1. The van der Waals surface area contributed by atoms with Gasteiger partial charge >= 0.3 is 0 Å². The first kappa shape index (κ1) is 10.1. The van der Waals surface area contributed by atoms with Crippen molar-refractivity contribution >= 4 is 5.91 Å². The minimum Gasteiger partial charge on any atom is -0.354 e. The van der Waals surface area contributed by atoms with Crippen molar-refractivity contribution in [2.45, 2.75) is 32.6 Å². The van der Waals surface area contributed by atoms with Crippen LogP contribution in [0.15, 0.2) is 6.07 Å². The molecule has 1 aliphatic carbocycles. The number of hydrogen-bond acceptors (Lipinski definition) is 2. The van der Waals surface area contributed by atoms with E-state index in [-0.39, 0.29) is 5.91 Å². The van der Waals surface area contributed by atoms with Crippen LogP contribution < -0.4 is 5.32 Å². The van der Waals surface area contributed by atoms with E-state index in [9.17, 15) is 4.79 Å². The second kappa shape index (κ2) is 4.01. The number of nitrogens with zero attached hydrogens (tertiary/aromatic N) is 1. The number of pyridine rings is 1. The van der Waals surface area contributed by atoms with E-state index in [2.05, 4.69) is 16.4 Å². The van der Waals surface area contributed by atoms with Gasteiger partial charge in [-0.1, -0.05) is 6.07 Å². The SMILES string of the molecule is CNC(=O)c1nc2c(cc1C)CCCC2. The molecule has 0 aliphatic heterocycles. The van der Waals surface area contributed by atoms with E-state index in [1.807, 2.05) is 6.92 Å². The summed E-state index contributed by atoms with van der Waals surface area (Å²) in [5.41, 5.74) is 4.00. The lowest BCUT2D eigenvalue weighted by Gasteiger charge is -2.16. The number of aryl methyl sites for hydroxylation is 3. The van der Waals surface area contributed by atoms with Crippen molar-refractivity contribution in [3.05, 3.63) is 28.6 Å². The fraction of sp³-hybridized carbons (Fsp3) is 0.500. The molecule has 0 saturated carbocycles. The largest absolute Gasteiger partial charge is 0.354 e. The molecule has 1 aromatic rings. The summed E-state index contributed by atoms with van der Waals surface area (Å²) < 4.78 is 0. The molecule has 0 aromatic carbocycles. The first-order chi connectivity index (χ1) is 7.22. The van der Waals surface area contributed by atoms with Gasteiger partial charge in [-0.25, -0.2) is 4.98 Å². The van der Waals surface area contributed by atoms with Gasteiger partial charge in [-0.3, -0.25) is 4.79 Å². The van der Waals surface area contributed by atoms with Crippen LogP contribution in [0.1, 0.15) is 40.2 Å². The molecule has 80 valence electrons. The Kier molecular flexibility index (Phi) is 2.71. The first-order valence-electron chi connectivity index (χ1n) is 5.44. The average molecular weight is 204 g/mol. The highest BCUT2D eigenvalue weighted by atomic mass is 16.1. The molecule has 1 amide bonds. The quantitative estimate of drug-likeness (QED) is 0.755. The van der Waals surface area contributed by atoms with Gasteiger partial charge in [0.05, 0.1) is 0 Å². The molecule has 1 aromatic heterocycles. The summed E-state index contributed by atoms with van der Waals surface area (Å²) in [5.74, 6) is -0.0825. The zero-order valence-electron chi connectivity index (χ0n) is 9.26. The molecular formula is C12H16N2O. The number of carbonyl (C=O) groups excluding carboxylic acids is 1. The maximum Gasteiger partial charge on any atom is 0.269 e. The van der Waals surface area contributed by atoms with E-state index in [4.69, 9.17) is 0 Å². The van der Waals surface area contributed by atoms with E-state index < -0.39 is 0 Å². The van der Waals surface area contributed by atoms with Crippen LogP contribution >= 0.6 is 0 Å². The van der Waals surface area contributed by atoms with E-state index in [1.54, 1.807) is 7.05 Å². The summed E-state index contributed by atoms with van der Waals surface area (Å²) in [6.45, 7) is 1.95. The van der Waals surface area contributed by atoms with E-state index in [0.717, 1.165) is 24.1 Å². The summed E-state index contributed by atoms with van der Waals surface area (Å²) in [7, 11) is 1.64. The number of nitrogens with one attached hydrogen (secondary N) is 1. The van der Waals surface area contributed by atoms with Gasteiger partial charge < -0.3 is 5.32 Å². The topological polar surface area (TPSA) is 42.0 Å². The van der Waals surface area contributed by atoms with Crippen LogP contribution in [0.5, 0.6) is 0 Å². The van der Waals surface area contributed by atoms with Crippen molar-refractivity contribution in [3.8, 4) is 0 Å². The van der Waals surface area contributed by atoms with Crippen LogP contribution in [0.3, 0.4) is 0 Å². The zero-order chi connectivity index (χ0) is 10.8. The third kappa shape index (κ3) is 1.87. The molecule has 3 nitrogen and oxygen atoms in total. The van der Waals surface area contributed by atoms with Gasteiger partial charge in [0, 0.05) is 12.7 Å². The Morgan fingerprint density at radius 2 is 2.13 bits per heavy atom. The maximum absolute atomic E-state index is 11.5. The molecule has 0 saturated heterocycles. The Bertz CT molecular complexity index is 399. The lowest BCUT2D eigenvalue weighted by Crippen LogP contribution is -2.22. The molecule has 0 atom stereocenters. The molecule has 0 fully saturated rings. The molecular weight excluding hydrogens is 188 g/mol. The number of rotatable bonds is 1. The molecule has 0 bridgehead atoms. The number of aromatic nitrogens is 1. The Hall–Kier alpha value is -1.38. The maximum atomic E-state index is 11.5. The Morgan fingerprint density at radius 1 is 1.40 bits per heavy atom. The minimum atomic E-state index is -0.0825. The highest BCUT2D eigenvalue weighted by Gasteiger charge is 2.16. The second-order valence-corrected chi connectivity index (χ2v) is 4.05. The fourth-order valence-corrected chi connectivity index (χ4v) is 2.10. The predicted molar refractivity (Wildman–Crippen MR) is 59.0 cm³/mol. The van der Waals surface area contributed by atoms with E-state index in [1.165, 1.54) is 18.4 Å². The highest BCUT2D eigenvalue weighted by Crippen LogP contribution is 2.21. The Labute approximate surface area is 89.9 Å². The van der Waals surface area contributed by atoms with Crippen LogP contribution in [0.25, 0.3) is 0 Å². The summed E-state index contributed by atoms with van der Waals surface area (Å²) >= 11 is 0. The van der Waals surface area contributed by atoms with Gasteiger partial charge in [-0.05, 0) is 43.7 Å². The molecule has 15 heavy (non-hydrogen) atoms.